The lowest BCUT2D eigenvalue weighted by molar-refractivity contribution is 0.628. The molecule has 0 saturated heterocycles. The smallest absolute Gasteiger partial charge is 0.224 e. The number of benzene rings is 1. The zero-order valence-corrected chi connectivity index (χ0v) is 9.24. The Labute approximate surface area is 101 Å². The predicted molar refractivity (Wildman–Crippen MR) is 62.1 cm³/mol. The Morgan fingerprint density at radius 3 is 2.94 bits per heavy atom. The summed E-state index contributed by atoms with van der Waals surface area (Å²) in [5.41, 5.74) is 1.78. The second-order valence-corrected chi connectivity index (χ2v) is 3.81. The van der Waals surface area contributed by atoms with E-state index in [9.17, 15) is 4.39 Å². The van der Waals surface area contributed by atoms with Gasteiger partial charge in [-0.3, -0.25) is 0 Å². The minimum atomic E-state index is -0.313. The van der Waals surface area contributed by atoms with Gasteiger partial charge in [-0.25, -0.2) is 14.4 Å². The summed E-state index contributed by atoms with van der Waals surface area (Å²) in [7, 11) is 0. The van der Waals surface area contributed by atoms with E-state index in [4.69, 9.17) is 11.6 Å². The number of imidazole rings is 1. The predicted octanol–water partition coefficient (Wildman–Crippen LogP) is 2.81. The number of rotatable bonds is 1. The SMILES string of the molecule is Fc1cccc(-c2nc3nc(Cl)ncc3[nH]2)c1. The zero-order valence-electron chi connectivity index (χ0n) is 8.48. The maximum atomic E-state index is 13.1. The van der Waals surface area contributed by atoms with Crippen molar-refractivity contribution >= 4 is 22.8 Å². The molecule has 4 nitrogen and oxygen atoms in total. The van der Waals surface area contributed by atoms with Crippen LogP contribution in [0.4, 0.5) is 4.39 Å². The van der Waals surface area contributed by atoms with Gasteiger partial charge < -0.3 is 4.98 Å². The topological polar surface area (TPSA) is 54.5 Å². The van der Waals surface area contributed by atoms with Gasteiger partial charge in [-0.2, -0.15) is 4.98 Å². The highest BCUT2D eigenvalue weighted by Crippen LogP contribution is 2.20. The van der Waals surface area contributed by atoms with E-state index < -0.39 is 0 Å². The van der Waals surface area contributed by atoms with Crippen molar-refractivity contribution in [2.45, 2.75) is 0 Å². The lowest BCUT2D eigenvalue weighted by Gasteiger charge is -1.95. The molecule has 3 aromatic rings. The van der Waals surface area contributed by atoms with E-state index in [-0.39, 0.29) is 11.1 Å². The highest BCUT2D eigenvalue weighted by Gasteiger charge is 2.07. The first kappa shape index (κ1) is 10.2. The molecule has 1 aromatic carbocycles. The second-order valence-electron chi connectivity index (χ2n) is 3.47. The molecule has 0 saturated carbocycles. The number of aromatic nitrogens is 4. The summed E-state index contributed by atoms with van der Waals surface area (Å²) < 4.78 is 13.1. The molecule has 0 aliphatic heterocycles. The van der Waals surface area contributed by atoms with Gasteiger partial charge in [0.2, 0.25) is 5.28 Å². The summed E-state index contributed by atoms with van der Waals surface area (Å²) in [5.74, 6) is 0.225. The third-order valence-corrected chi connectivity index (χ3v) is 2.49. The first-order chi connectivity index (χ1) is 8.22. The summed E-state index contributed by atoms with van der Waals surface area (Å²) in [6.45, 7) is 0. The number of hydrogen-bond donors (Lipinski definition) is 1. The van der Waals surface area contributed by atoms with Crippen molar-refractivity contribution in [2.24, 2.45) is 0 Å². The van der Waals surface area contributed by atoms with Crippen LogP contribution in [0.1, 0.15) is 0 Å². The van der Waals surface area contributed by atoms with Gasteiger partial charge >= 0.3 is 0 Å². The maximum absolute atomic E-state index is 13.1. The number of nitrogens with zero attached hydrogens (tertiary/aromatic N) is 3. The van der Waals surface area contributed by atoms with Gasteiger partial charge in [0.15, 0.2) is 5.65 Å². The molecule has 0 unspecified atom stereocenters. The van der Waals surface area contributed by atoms with E-state index in [2.05, 4.69) is 19.9 Å². The Hall–Kier alpha value is -2.01. The standard InChI is InChI=1S/C11H6ClFN4/c12-11-14-5-8-10(17-11)16-9(15-8)6-2-1-3-7(13)4-6/h1-5H,(H,14,15,16,17). The van der Waals surface area contributed by atoms with Crippen LogP contribution in [-0.2, 0) is 0 Å². The van der Waals surface area contributed by atoms with E-state index in [1.54, 1.807) is 18.3 Å². The molecule has 0 aliphatic carbocycles. The molecule has 17 heavy (non-hydrogen) atoms. The van der Waals surface area contributed by atoms with E-state index >= 15 is 0 Å². The van der Waals surface area contributed by atoms with Gasteiger partial charge in [0.1, 0.15) is 17.2 Å². The minimum absolute atomic E-state index is 0.134. The number of fused-ring (bicyclic) bond motifs is 1. The summed E-state index contributed by atoms with van der Waals surface area (Å²) in [6.07, 6.45) is 1.54. The van der Waals surface area contributed by atoms with Crippen molar-refractivity contribution in [2.75, 3.05) is 0 Å². The number of nitrogens with one attached hydrogen (secondary N) is 1. The van der Waals surface area contributed by atoms with Crippen LogP contribution < -0.4 is 0 Å². The summed E-state index contributed by atoms with van der Waals surface area (Å²) in [6, 6.07) is 6.15. The van der Waals surface area contributed by atoms with Crippen molar-refractivity contribution in [3.63, 3.8) is 0 Å². The zero-order chi connectivity index (χ0) is 11.8. The van der Waals surface area contributed by atoms with Crippen LogP contribution >= 0.6 is 11.6 Å². The number of aromatic amines is 1. The fourth-order valence-electron chi connectivity index (χ4n) is 1.56. The van der Waals surface area contributed by atoms with E-state index in [0.717, 1.165) is 0 Å². The minimum Gasteiger partial charge on any atom is -0.335 e. The molecule has 0 spiro atoms. The van der Waals surface area contributed by atoms with Gasteiger partial charge in [-0.15, -0.1) is 0 Å². The van der Waals surface area contributed by atoms with Crippen molar-refractivity contribution in [1.29, 1.82) is 0 Å². The Kier molecular flexibility index (Phi) is 2.26. The van der Waals surface area contributed by atoms with Crippen LogP contribution in [-0.4, -0.2) is 19.9 Å². The van der Waals surface area contributed by atoms with Crippen LogP contribution in [0.5, 0.6) is 0 Å². The van der Waals surface area contributed by atoms with Crippen LogP contribution in [0, 0.1) is 5.82 Å². The van der Waals surface area contributed by atoms with Crippen molar-refractivity contribution in [3.8, 4) is 11.4 Å². The molecule has 1 N–H and O–H groups in total. The molecule has 0 radical (unpaired) electrons. The van der Waals surface area contributed by atoms with Crippen LogP contribution in [0.15, 0.2) is 30.5 Å². The number of hydrogen-bond acceptors (Lipinski definition) is 3. The third kappa shape index (κ3) is 1.85. The van der Waals surface area contributed by atoms with Gasteiger partial charge in [0.25, 0.3) is 0 Å². The van der Waals surface area contributed by atoms with Gasteiger partial charge in [-0.1, -0.05) is 12.1 Å². The second kappa shape index (κ2) is 3.78. The maximum Gasteiger partial charge on any atom is 0.224 e. The Balaban J connectivity index is 2.18. The molecule has 3 rings (SSSR count). The monoisotopic (exact) mass is 248 g/mol. The van der Waals surface area contributed by atoms with Crippen LogP contribution in [0.25, 0.3) is 22.6 Å². The number of halogens is 2. The molecular weight excluding hydrogens is 243 g/mol. The van der Waals surface area contributed by atoms with Gasteiger partial charge in [-0.05, 0) is 23.7 Å². The molecule has 84 valence electrons. The van der Waals surface area contributed by atoms with E-state index in [0.29, 0.717) is 22.6 Å². The highest BCUT2D eigenvalue weighted by molar-refractivity contribution is 6.28. The Morgan fingerprint density at radius 2 is 2.12 bits per heavy atom. The first-order valence-corrected chi connectivity index (χ1v) is 5.24. The van der Waals surface area contributed by atoms with Crippen molar-refractivity contribution in [3.05, 3.63) is 41.6 Å². The van der Waals surface area contributed by atoms with Gasteiger partial charge in [0, 0.05) is 5.56 Å². The Morgan fingerprint density at radius 1 is 1.24 bits per heavy atom. The molecule has 6 heteroatoms. The molecule has 2 aromatic heterocycles. The quantitative estimate of drug-likeness (QED) is 0.674. The molecule has 0 atom stereocenters. The van der Waals surface area contributed by atoms with E-state index in [1.807, 2.05) is 0 Å². The van der Waals surface area contributed by atoms with Crippen LogP contribution in [0.2, 0.25) is 5.28 Å². The molecule has 2 heterocycles. The average Bonchev–Trinajstić information content (AvgIpc) is 2.72. The Bertz CT molecular complexity index is 695. The molecule has 0 aliphatic rings. The highest BCUT2D eigenvalue weighted by atomic mass is 35.5. The molecule has 0 fully saturated rings. The third-order valence-electron chi connectivity index (χ3n) is 2.31. The normalized spacial score (nSPS) is 10.9. The summed E-state index contributed by atoms with van der Waals surface area (Å²) >= 11 is 5.66. The average molecular weight is 249 g/mol. The summed E-state index contributed by atoms with van der Waals surface area (Å²) in [4.78, 5) is 15.0. The van der Waals surface area contributed by atoms with Crippen LogP contribution in [0.3, 0.4) is 0 Å². The summed E-state index contributed by atoms with van der Waals surface area (Å²) in [5, 5.41) is 0.134. The molecule has 0 amide bonds. The first-order valence-electron chi connectivity index (χ1n) is 4.86. The lowest BCUT2D eigenvalue weighted by atomic mass is 10.2. The fourth-order valence-corrected chi connectivity index (χ4v) is 1.69. The van der Waals surface area contributed by atoms with Crippen molar-refractivity contribution < 1.29 is 4.39 Å². The fraction of sp³-hybridized carbons (Fsp3) is 0. The van der Waals surface area contributed by atoms with Gasteiger partial charge in [0.05, 0.1) is 6.20 Å². The largest absolute Gasteiger partial charge is 0.335 e. The van der Waals surface area contributed by atoms with E-state index in [1.165, 1.54) is 12.1 Å². The molecular formula is C11H6ClFN4. The lowest BCUT2D eigenvalue weighted by Crippen LogP contribution is -1.82. The molecule has 0 bridgehead atoms. The van der Waals surface area contributed by atoms with Crippen molar-refractivity contribution in [1.82, 2.24) is 19.9 Å². The number of H-pyrrole nitrogens is 1.